The van der Waals surface area contributed by atoms with Crippen LogP contribution in [0.1, 0.15) is 31.1 Å². The van der Waals surface area contributed by atoms with Crippen molar-refractivity contribution in [2.45, 2.75) is 33.0 Å². The normalized spacial score (nSPS) is 24.3. The van der Waals surface area contributed by atoms with Crippen molar-refractivity contribution in [1.29, 1.82) is 0 Å². The Morgan fingerprint density at radius 3 is 2.03 bits per heavy atom. The molecule has 1 aromatic carbocycles. The van der Waals surface area contributed by atoms with Crippen LogP contribution in [-0.4, -0.2) is 85.2 Å². The van der Waals surface area contributed by atoms with Gasteiger partial charge in [0.25, 0.3) is 16.1 Å². The molecule has 9 nitrogen and oxygen atoms in total. The summed E-state index contributed by atoms with van der Waals surface area (Å²) in [6.45, 7) is 7.03. The molecule has 0 aliphatic carbocycles. The van der Waals surface area contributed by atoms with Crippen LogP contribution in [0.25, 0.3) is 0 Å². The topological polar surface area (TPSA) is 99.3 Å². The molecule has 29 heavy (non-hydrogen) atoms. The Morgan fingerprint density at radius 1 is 0.966 bits per heavy atom. The van der Waals surface area contributed by atoms with Gasteiger partial charge < -0.3 is 15.0 Å². The highest BCUT2D eigenvalue weighted by Gasteiger charge is 2.37. The summed E-state index contributed by atoms with van der Waals surface area (Å²) >= 11 is 0. The second kappa shape index (κ2) is 8.78. The van der Waals surface area contributed by atoms with Gasteiger partial charge in [0.2, 0.25) is 5.91 Å². The van der Waals surface area contributed by atoms with E-state index in [1.807, 2.05) is 13.8 Å². The number of rotatable bonds is 4. The summed E-state index contributed by atoms with van der Waals surface area (Å²) < 4.78 is 34.5. The zero-order valence-electron chi connectivity index (χ0n) is 17.0. The van der Waals surface area contributed by atoms with Crippen LogP contribution >= 0.6 is 0 Å². The molecule has 2 fully saturated rings. The first-order valence-electron chi connectivity index (χ1n) is 9.74. The van der Waals surface area contributed by atoms with E-state index in [2.05, 4.69) is 5.32 Å². The van der Waals surface area contributed by atoms with Crippen molar-refractivity contribution in [3.05, 3.63) is 29.8 Å². The first kappa shape index (κ1) is 21.7. The van der Waals surface area contributed by atoms with Crippen LogP contribution in [-0.2, 0) is 19.7 Å². The quantitative estimate of drug-likeness (QED) is 0.769. The molecule has 0 aromatic heterocycles. The molecule has 10 heteroatoms. The number of ether oxygens (including phenoxy) is 1. The van der Waals surface area contributed by atoms with E-state index in [1.165, 1.54) is 15.5 Å². The number of carbonyl (C=O) groups is 2. The van der Waals surface area contributed by atoms with Gasteiger partial charge in [0.05, 0.1) is 12.2 Å². The molecule has 2 heterocycles. The summed E-state index contributed by atoms with van der Waals surface area (Å²) in [6.07, 6.45) is -0.284. The average molecular weight is 425 g/mol. The van der Waals surface area contributed by atoms with Crippen molar-refractivity contribution in [3.63, 3.8) is 0 Å². The van der Waals surface area contributed by atoms with Crippen molar-refractivity contribution >= 4 is 27.7 Å². The van der Waals surface area contributed by atoms with E-state index in [0.717, 1.165) is 0 Å². The van der Waals surface area contributed by atoms with E-state index in [4.69, 9.17) is 4.74 Å². The largest absolute Gasteiger partial charge is 0.373 e. The van der Waals surface area contributed by atoms with Crippen molar-refractivity contribution < 1.29 is 22.7 Å². The van der Waals surface area contributed by atoms with Crippen LogP contribution in [0.15, 0.2) is 24.3 Å². The van der Waals surface area contributed by atoms with E-state index in [1.54, 1.807) is 29.2 Å². The number of hydrogen-bond acceptors (Lipinski definition) is 5. The third-order valence-electron chi connectivity index (χ3n) is 5.02. The number of nitrogens with one attached hydrogen (secondary N) is 1. The SMILES string of the molecule is CC(=O)Nc1ccc(C(=O)N2CCN(S(=O)(=O)N3C[C@@H](C)O[C@H](C)C3)CC2)cc1. The Morgan fingerprint density at radius 2 is 1.52 bits per heavy atom. The Bertz CT molecular complexity index is 840. The van der Waals surface area contributed by atoms with Crippen molar-refractivity contribution in [1.82, 2.24) is 13.5 Å². The summed E-state index contributed by atoms with van der Waals surface area (Å²) in [7, 11) is -3.57. The Labute approximate surface area is 171 Å². The molecular formula is C19H28N4O5S. The number of morpholine rings is 1. The molecule has 2 saturated heterocycles. The van der Waals surface area contributed by atoms with Gasteiger partial charge in [-0.1, -0.05) is 0 Å². The van der Waals surface area contributed by atoms with Crippen LogP contribution in [0.5, 0.6) is 0 Å². The summed E-state index contributed by atoms with van der Waals surface area (Å²) in [5.74, 6) is -0.324. The lowest BCUT2D eigenvalue weighted by atomic mass is 10.1. The lowest BCUT2D eigenvalue weighted by Gasteiger charge is -2.40. The number of nitrogens with zero attached hydrogens (tertiary/aromatic N) is 3. The van der Waals surface area contributed by atoms with E-state index < -0.39 is 10.2 Å². The van der Waals surface area contributed by atoms with E-state index in [9.17, 15) is 18.0 Å². The third-order valence-corrected chi connectivity index (χ3v) is 6.99. The number of amides is 2. The van der Waals surface area contributed by atoms with Crippen molar-refractivity contribution in [2.24, 2.45) is 0 Å². The molecule has 0 bridgehead atoms. The Kier molecular flexibility index (Phi) is 6.57. The molecular weight excluding hydrogens is 396 g/mol. The maximum Gasteiger partial charge on any atom is 0.282 e. The van der Waals surface area contributed by atoms with E-state index in [-0.39, 0.29) is 37.1 Å². The van der Waals surface area contributed by atoms with Crippen LogP contribution in [0.3, 0.4) is 0 Å². The standard InChI is InChI=1S/C19H28N4O5S/c1-14-12-23(13-15(2)28-14)29(26,27)22-10-8-21(9-11-22)19(25)17-4-6-18(7-5-17)20-16(3)24/h4-7,14-15H,8-13H2,1-3H3,(H,20,24)/t14-,15-/m1/s1. The minimum absolute atomic E-state index is 0.142. The molecule has 2 aliphatic heterocycles. The smallest absolute Gasteiger partial charge is 0.282 e. The van der Waals surface area contributed by atoms with Gasteiger partial charge in [0, 0.05) is 57.4 Å². The molecule has 0 saturated carbocycles. The van der Waals surface area contributed by atoms with Crippen LogP contribution < -0.4 is 5.32 Å². The lowest BCUT2D eigenvalue weighted by molar-refractivity contribution is -0.114. The average Bonchev–Trinajstić information content (AvgIpc) is 2.67. The minimum Gasteiger partial charge on any atom is -0.373 e. The number of carbonyl (C=O) groups excluding carboxylic acids is 2. The fourth-order valence-electron chi connectivity index (χ4n) is 3.69. The molecule has 0 radical (unpaired) electrons. The highest BCUT2D eigenvalue weighted by atomic mass is 32.2. The van der Waals surface area contributed by atoms with Crippen molar-refractivity contribution in [3.8, 4) is 0 Å². The molecule has 2 aliphatic rings. The molecule has 1 N–H and O–H groups in total. The molecule has 1 aromatic rings. The van der Waals surface area contributed by atoms with Gasteiger partial charge >= 0.3 is 0 Å². The summed E-state index contributed by atoms with van der Waals surface area (Å²) in [6, 6.07) is 6.67. The zero-order valence-corrected chi connectivity index (χ0v) is 17.8. The highest BCUT2D eigenvalue weighted by molar-refractivity contribution is 7.86. The summed E-state index contributed by atoms with van der Waals surface area (Å²) in [5, 5.41) is 2.66. The maximum atomic E-state index is 13.0. The second-order valence-electron chi connectivity index (χ2n) is 7.53. The number of hydrogen-bond donors (Lipinski definition) is 1. The first-order valence-corrected chi connectivity index (χ1v) is 11.1. The number of piperazine rings is 1. The van der Waals surface area contributed by atoms with Crippen molar-refractivity contribution in [2.75, 3.05) is 44.6 Å². The number of benzene rings is 1. The molecule has 160 valence electrons. The predicted octanol–water partition coefficient (Wildman–Crippen LogP) is 0.757. The Balaban J connectivity index is 1.59. The van der Waals surface area contributed by atoms with Crippen LogP contribution in [0.2, 0.25) is 0 Å². The second-order valence-corrected chi connectivity index (χ2v) is 9.46. The Hall–Kier alpha value is -2.01. The van der Waals surface area contributed by atoms with Gasteiger partial charge in [-0.2, -0.15) is 17.0 Å². The maximum absolute atomic E-state index is 13.0. The van der Waals surface area contributed by atoms with Gasteiger partial charge in [0.15, 0.2) is 0 Å². The highest BCUT2D eigenvalue weighted by Crippen LogP contribution is 2.20. The monoisotopic (exact) mass is 424 g/mol. The van der Waals surface area contributed by atoms with Gasteiger partial charge in [-0.3, -0.25) is 9.59 Å². The summed E-state index contributed by atoms with van der Waals surface area (Å²) in [5.41, 5.74) is 1.13. The molecule has 0 spiro atoms. The van der Waals surface area contributed by atoms with Gasteiger partial charge in [-0.05, 0) is 38.1 Å². The molecule has 2 amide bonds. The molecule has 3 rings (SSSR count). The fraction of sp³-hybridized carbons (Fsp3) is 0.579. The lowest BCUT2D eigenvalue weighted by Crippen LogP contribution is -2.57. The molecule has 0 unspecified atom stereocenters. The summed E-state index contributed by atoms with van der Waals surface area (Å²) in [4.78, 5) is 25.5. The van der Waals surface area contributed by atoms with E-state index in [0.29, 0.717) is 37.4 Å². The van der Waals surface area contributed by atoms with Gasteiger partial charge in [0.1, 0.15) is 0 Å². The van der Waals surface area contributed by atoms with Crippen LogP contribution in [0, 0.1) is 0 Å². The zero-order chi connectivity index (χ0) is 21.2. The first-order chi connectivity index (χ1) is 13.7. The minimum atomic E-state index is -3.57. The van der Waals surface area contributed by atoms with Gasteiger partial charge in [-0.25, -0.2) is 0 Å². The third kappa shape index (κ3) is 5.13. The number of anilines is 1. The molecule has 2 atom stereocenters. The predicted molar refractivity (Wildman–Crippen MR) is 109 cm³/mol. The van der Waals surface area contributed by atoms with Crippen LogP contribution in [0.4, 0.5) is 5.69 Å². The fourth-order valence-corrected chi connectivity index (χ4v) is 5.43. The van der Waals surface area contributed by atoms with Gasteiger partial charge in [-0.15, -0.1) is 0 Å². The van der Waals surface area contributed by atoms with E-state index >= 15 is 0 Å².